The number of alkyl halides is 1. The molecule has 13 heavy (non-hydrogen) atoms. The molecule has 1 aromatic carbocycles. The predicted molar refractivity (Wildman–Crippen MR) is 64.5 cm³/mol. The number of hydrogen-bond acceptors (Lipinski definition) is 1. The van der Waals surface area contributed by atoms with Crippen LogP contribution >= 0.6 is 50.5 Å². The predicted octanol–water partition coefficient (Wildman–Crippen LogP) is 5.10. The quantitative estimate of drug-likeness (QED) is 0.642. The Labute approximate surface area is 98.6 Å². The zero-order valence-electron chi connectivity index (χ0n) is 6.48. The van der Waals surface area contributed by atoms with Crippen molar-refractivity contribution < 1.29 is 0 Å². The molecule has 1 aromatic heterocycles. The van der Waals surface area contributed by atoms with Crippen LogP contribution in [-0.2, 0) is 5.33 Å². The topological polar surface area (TPSA) is 0 Å². The van der Waals surface area contributed by atoms with E-state index in [-0.39, 0.29) is 0 Å². The fourth-order valence-electron chi connectivity index (χ4n) is 1.24. The monoisotopic (exact) mass is 294 g/mol. The zero-order chi connectivity index (χ0) is 9.42. The smallest absolute Gasteiger partial charge is 0.0507 e. The Morgan fingerprint density at radius 3 is 2.77 bits per heavy atom. The third-order valence-corrected chi connectivity index (χ3v) is 4.06. The lowest BCUT2D eigenvalue weighted by Gasteiger charge is -2.03. The van der Waals surface area contributed by atoms with Crippen molar-refractivity contribution in [2.45, 2.75) is 5.33 Å². The third-order valence-electron chi connectivity index (χ3n) is 1.87. The van der Waals surface area contributed by atoms with Crippen LogP contribution in [0.5, 0.6) is 0 Å². The first-order valence-electron chi connectivity index (χ1n) is 3.64. The van der Waals surface area contributed by atoms with Crippen LogP contribution in [-0.4, -0.2) is 0 Å². The van der Waals surface area contributed by atoms with Crippen LogP contribution in [0.15, 0.2) is 17.5 Å². The first-order valence-corrected chi connectivity index (χ1v) is 6.40. The van der Waals surface area contributed by atoms with Gasteiger partial charge in [-0.3, -0.25) is 0 Å². The van der Waals surface area contributed by atoms with E-state index in [9.17, 15) is 0 Å². The molecule has 68 valence electrons. The second-order valence-corrected chi connectivity index (χ2v) is 4.91. The maximum Gasteiger partial charge on any atom is 0.0507 e. The second kappa shape index (κ2) is 3.77. The van der Waals surface area contributed by atoms with Crippen molar-refractivity contribution in [3.63, 3.8) is 0 Å². The van der Waals surface area contributed by atoms with Crippen molar-refractivity contribution in [2.75, 3.05) is 0 Å². The molecule has 2 aromatic rings. The van der Waals surface area contributed by atoms with Gasteiger partial charge in [0, 0.05) is 20.4 Å². The molecule has 0 atom stereocenters. The minimum atomic E-state index is 0.728. The van der Waals surface area contributed by atoms with E-state index < -0.39 is 0 Å². The van der Waals surface area contributed by atoms with E-state index >= 15 is 0 Å². The number of thiophene rings is 1. The van der Waals surface area contributed by atoms with Crippen LogP contribution in [0.3, 0.4) is 0 Å². The Morgan fingerprint density at radius 1 is 1.31 bits per heavy atom. The fraction of sp³-hybridized carbons (Fsp3) is 0.111. The van der Waals surface area contributed by atoms with Crippen LogP contribution in [0, 0.1) is 0 Å². The summed E-state index contributed by atoms with van der Waals surface area (Å²) in [5.74, 6) is 0. The fourth-order valence-corrected chi connectivity index (χ4v) is 3.84. The number of hydrogen-bond donors (Lipinski definition) is 0. The van der Waals surface area contributed by atoms with Crippen molar-refractivity contribution in [3.8, 4) is 0 Å². The highest BCUT2D eigenvalue weighted by Crippen LogP contribution is 2.36. The highest BCUT2D eigenvalue weighted by atomic mass is 79.9. The Balaban J connectivity index is 2.88. The van der Waals surface area contributed by atoms with Crippen LogP contribution in [0.4, 0.5) is 0 Å². The van der Waals surface area contributed by atoms with Gasteiger partial charge in [0.15, 0.2) is 0 Å². The van der Waals surface area contributed by atoms with Crippen molar-refractivity contribution in [1.29, 1.82) is 0 Å². The molecule has 0 aliphatic rings. The van der Waals surface area contributed by atoms with Gasteiger partial charge in [0.2, 0.25) is 0 Å². The maximum absolute atomic E-state index is 6.06. The highest BCUT2D eigenvalue weighted by Gasteiger charge is 2.09. The molecule has 0 N–H and O–H groups in total. The number of benzene rings is 1. The van der Waals surface area contributed by atoms with Gasteiger partial charge in [0.25, 0.3) is 0 Å². The van der Waals surface area contributed by atoms with E-state index in [4.69, 9.17) is 23.2 Å². The number of fused-ring (bicyclic) bond motifs is 1. The van der Waals surface area contributed by atoms with Gasteiger partial charge in [-0.05, 0) is 23.1 Å². The van der Waals surface area contributed by atoms with Crippen LogP contribution in [0.2, 0.25) is 10.0 Å². The van der Waals surface area contributed by atoms with Crippen LogP contribution < -0.4 is 0 Å². The van der Waals surface area contributed by atoms with E-state index in [0.717, 1.165) is 26.3 Å². The maximum atomic E-state index is 6.06. The van der Waals surface area contributed by atoms with E-state index in [1.807, 2.05) is 11.4 Å². The summed E-state index contributed by atoms with van der Waals surface area (Å²) >= 11 is 17.2. The molecule has 0 amide bonds. The molecule has 0 nitrogen and oxygen atoms in total. The molecule has 0 spiro atoms. The van der Waals surface area contributed by atoms with Gasteiger partial charge in [-0.15, -0.1) is 11.3 Å². The van der Waals surface area contributed by atoms with Gasteiger partial charge >= 0.3 is 0 Å². The average molecular weight is 296 g/mol. The Kier molecular flexibility index (Phi) is 2.84. The molecule has 0 aliphatic carbocycles. The van der Waals surface area contributed by atoms with E-state index in [0.29, 0.717) is 0 Å². The molecule has 0 radical (unpaired) electrons. The van der Waals surface area contributed by atoms with Crippen molar-refractivity contribution in [1.82, 2.24) is 0 Å². The summed E-state index contributed by atoms with van der Waals surface area (Å²) in [5.41, 5.74) is 1.12. The standard InChI is InChI=1S/C9H5BrCl2S/c10-4-6-8(12)3-7(11)5-1-2-13-9(5)6/h1-3H,4H2. The minimum absolute atomic E-state index is 0.728. The normalized spacial score (nSPS) is 11.0. The minimum Gasteiger partial charge on any atom is -0.143 e. The number of halogens is 3. The van der Waals surface area contributed by atoms with Crippen molar-refractivity contribution in [2.24, 2.45) is 0 Å². The third kappa shape index (κ3) is 1.61. The molecular weight excluding hydrogens is 291 g/mol. The van der Waals surface area contributed by atoms with E-state index in [1.165, 1.54) is 4.70 Å². The lowest BCUT2D eigenvalue weighted by molar-refractivity contribution is 1.51. The average Bonchev–Trinajstić information content (AvgIpc) is 2.53. The van der Waals surface area contributed by atoms with Gasteiger partial charge in [0.05, 0.1) is 5.02 Å². The number of rotatable bonds is 1. The summed E-state index contributed by atoms with van der Waals surface area (Å²) in [6, 6.07) is 3.82. The zero-order valence-corrected chi connectivity index (χ0v) is 10.4. The lowest BCUT2D eigenvalue weighted by atomic mass is 10.2. The second-order valence-electron chi connectivity index (χ2n) is 2.62. The summed E-state index contributed by atoms with van der Waals surface area (Å²) in [5, 5.41) is 5.34. The molecule has 0 saturated carbocycles. The lowest BCUT2D eigenvalue weighted by Crippen LogP contribution is -1.80. The molecule has 2 rings (SSSR count). The van der Waals surface area contributed by atoms with Gasteiger partial charge in [-0.25, -0.2) is 0 Å². The highest BCUT2D eigenvalue weighted by molar-refractivity contribution is 9.08. The SMILES string of the molecule is Clc1cc(Cl)c2ccsc2c1CBr. The van der Waals surface area contributed by atoms with E-state index in [2.05, 4.69) is 15.9 Å². The van der Waals surface area contributed by atoms with Gasteiger partial charge in [-0.2, -0.15) is 0 Å². The van der Waals surface area contributed by atoms with Gasteiger partial charge < -0.3 is 0 Å². The molecule has 0 bridgehead atoms. The molecule has 4 heteroatoms. The summed E-state index contributed by atoms with van der Waals surface area (Å²) in [7, 11) is 0. The Bertz CT molecular complexity index is 450. The summed E-state index contributed by atoms with van der Waals surface area (Å²) in [6.07, 6.45) is 0. The Morgan fingerprint density at radius 2 is 2.08 bits per heavy atom. The van der Waals surface area contributed by atoms with Crippen LogP contribution in [0.1, 0.15) is 5.56 Å². The molecule has 0 unspecified atom stereocenters. The summed E-state index contributed by atoms with van der Waals surface area (Å²) in [4.78, 5) is 0. The first kappa shape index (κ1) is 9.78. The molecule has 1 heterocycles. The van der Waals surface area contributed by atoms with Gasteiger partial charge in [0.1, 0.15) is 0 Å². The largest absolute Gasteiger partial charge is 0.143 e. The van der Waals surface area contributed by atoms with Crippen molar-refractivity contribution >= 4 is 60.6 Å². The van der Waals surface area contributed by atoms with E-state index in [1.54, 1.807) is 17.4 Å². The first-order chi connectivity index (χ1) is 6.24. The molecule has 0 saturated heterocycles. The Hall–Kier alpha value is 0.240. The van der Waals surface area contributed by atoms with Crippen molar-refractivity contribution in [3.05, 3.63) is 33.1 Å². The summed E-state index contributed by atoms with van der Waals surface area (Å²) < 4.78 is 1.18. The van der Waals surface area contributed by atoms with Crippen LogP contribution in [0.25, 0.3) is 10.1 Å². The molecular formula is C9H5BrCl2S. The van der Waals surface area contributed by atoms with Gasteiger partial charge in [-0.1, -0.05) is 39.1 Å². The molecule has 0 fully saturated rings. The summed E-state index contributed by atoms with van der Waals surface area (Å²) in [6.45, 7) is 0. The molecule has 0 aliphatic heterocycles.